The summed E-state index contributed by atoms with van der Waals surface area (Å²) in [7, 11) is 0. The average molecular weight is 376 g/mol. The van der Waals surface area contributed by atoms with E-state index in [9.17, 15) is 9.59 Å². The van der Waals surface area contributed by atoms with E-state index in [1.54, 1.807) is 12.1 Å². The van der Waals surface area contributed by atoms with Gasteiger partial charge in [-0.05, 0) is 49.5 Å². The van der Waals surface area contributed by atoms with Crippen molar-refractivity contribution < 1.29 is 4.79 Å². The smallest absolute Gasteiger partial charge is 0.262 e. The molecule has 1 saturated heterocycles. The van der Waals surface area contributed by atoms with Crippen LogP contribution in [0.3, 0.4) is 0 Å². The summed E-state index contributed by atoms with van der Waals surface area (Å²) in [5.74, 6) is 0.501. The van der Waals surface area contributed by atoms with Gasteiger partial charge in [0.1, 0.15) is 0 Å². The van der Waals surface area contributed by atoms with Crippen LogP contribution in [0.1, 0.15) is 24.3 Å². The van der Waals surface area contributed by atoms with Crippen molar-refractivity contribution in [2.45, 2.75) is 25.4 Å². The standard InChI is InChI=1S/C22H24N4O2/c27-21(14-25-12-10-18(11-13-25)17-6-2-1-3-7-17)24-16-26-15-23-20-9-5-4-8-19(20)22(26)28/h1-9,15,18H,10-14,16H2,(H,24,27). The molecule has 2 aromatic carbocycles. The molecule has 4 rings (SSSR count). The number of rotatable bonds is 5. The van der Waals surface area contributed by atoms with E-state index < -0.39 is 0 Å². The second-order valence-electron chi connectivity index (χ2n) is 7.26. The molecule has 0 radical (unpaired) electrons. The van der Waals surface area contributed by atoms with Crippen molar-refractivity contribution in [1.29, 1.82) is 0 Å². The van der Waals surface area contributed by atoms with Crippen molar-refractivity contribution in [3.05, 3.63) is 76.8 Å². The number of nitrogens with one attached hydrogen (secondary N) is 1. The molecule has 0 bridgehead atoms. The Morgan fingerprint density at radius 1 is 1.04 bits per heavy atom. The molecule has 1 amide bonds. The van der Waals surface area contributed by atoms with Crippen molar-refractivity contribution in [3.63, 3.8) is 0 Å². The summed E-state index contributed by atoms with van der Waals surface area (Å²) < 4.78 is 1.43. The van der Waals surface area contributed by atoms with E-state index in [1.807, 2.05) is 18.2 Å². The van der Waals surface area contributed by atoms with Crippen LogP contribution in [0.15, 0.2) is 65.7 Å². The number of aromatic nitrogens is 2. The van der Waals surface area contributed by atoms with Gasteiger partial charge in [0.2, 0.25) is 5.91 Å². The molecule has 6 nitrogen and oxygen atoms in total. The van der Waals surface area contributed by atoms with Crippen molar-refractivity contribution >= 4 is 16.8 Å². The Kier molecular flexibility index (Phi) is 5.48. The number of piperidine rings is 1. The van der Waals surface area contributed by atoms with Gasteiger partial charge in [-0.2, -0.15) is 0 Å². The van der Waals surface area contributed by atoms with E-state index in [2.05, 4.69) is 39.5 Å². The molecule has 1 aliphatic heterocycles. The molecule has 1 aliphatic rings. The average Bonchev–Trinajstić information content (AvgIpc) is 2.75. The molecule has 28 heavy (non-hydrogen) atoms. The normalized spacial score (nSPS) is 15.6. The number of fused-ring (bicyclic) bond motifs is 1. The molecule has 0 unspecified atom stereocenters. The fraction of sp³-hybridized carbons (Fsp3) is 0.318. The fourth-order valence-corrected chi connectivity index (χ4v) is 3.80. The van der Waals surface area contributed by atoms with E-state index in [-0.39, 0.29) is 18.1 Å². The van der Waals surface area contributed by atoms with Crippen LogP contribution in [-0.4, -0.2) is 40.0 Å². The Balaban J connectivity index is 1.29. The van der Waals surface area contributed by atoms with Gasteiger partial charge in [0.25, 0.3) is 5.56 Å². The topological polar surface area (TPSA) is 67.2 Å². The first kappa shape index (κ1) is 18.4. The summed E-state index contributed by atoms with van der Waals surface area (Å²) in [5, 5.41) is 3.39. The minimum Gasteiger partial charge on any atom is -0.337 e. The highest BCUT2D eigenvalue weighted by Crippen LogP contribution is 2.27. The number of para-hydroxylation sites is 1. The summed E-state index contributed by atoms with van der Waals surface area (Å²) in [5.41, 5.74) is 1.90. The van der Waals surface area contributed by atoms with Crippen LogP contribution in [-0.2, 0) is 11.5 Å². The van der Waals surface area contributed by atoms with Crippen molar-refractivity contribution in [2.24, 2.45) is 0 Å². The number of amides is 1. The second-order valence-corrected chi connectivity index (χ2v) is 7.26. The van der Waals surface area contributed by atoms with Gasteiger partial charge in [-0.25, -0.2) is 4.98 Å². The minimum atomic E-state index is -0.144. The molecule has 3 aromatic rings. The maximum absolute atomic E-state index is 12.5. The zero-order valence-corrected chi connectivity index (χ0v) is 15.8. The third-order valence-corrected chi connectivity index (χ3v) is 5.40. The molecule has 0 aliphatic carbocycles. The van der Waals surface area contributed by atoms with Gasteiger partial charge >= 0.3 is 0 Å². The molecule has 1 aromatic heterocycles. The van der Waals surface area contributed by atoms with Crippen LogP contribution in [0.2, 0.25) is 0 Å². The highest BCUT2D eigenvalue weighted by atomic mass is 16.2. The lowest BCUT2D eigenvalue weighted by Gasteiger charge is -2.31. The van der Waals surface area contributed by atoms with Crippen LogP contribution in [0.25, 0.3) is 10.9 Å². The first-order valence-electron chi connectivity index (χ1n) is 9.69. The van der Waals surface area contributed by atoms with Crippen LogP contribution >= 0.6 is 0 Å². The van der Waals surface area contributed by atoms with Gasteiger partial charge in [-0.3, -0.25) is 19.1 Å². The lowest BCUT2D eigenvalue weighted by molar-refractivity contribution is -0.123. The first-order chi connectivity index (χ1) is 13.7. The number of carbonyl (C=O) groups excluding carboxylic acids is 1. The molecule has 2 heterocycles. The summed E-state index contributed by atoms with van der Waals surface area (Å²) in [4.78, 5) is 31.2. The van der Waals surface area contributed by atoms with Crippen LogP contribution in [0, 0.1) is 0 Å². The molecular weight excluding hydrogens is 352 g/mol. The van der Waals surface area contributed by atoms with Crippen molar-refractivity contribution in [3.8, 4) is 0 Å². The van der Waals surface area contributed by atoms with Crippen molar-refractivity contribution in [1.82, 2.24) is 19.8 Å². The zero-order valence-electron chi connectivity index (χ0n) is 15.8. The third kappa shape index (κ3) is 4.12. The third-order valence-electron chi connectivity index (χ3n) is 5.40. The van der Waals surface area contributed by atoms with Crippen LogP contribution in [0.5, 0.6) is 0 Å². The lowest BCUT2D eigenvalue weighted by Crippen LogP contribution is -2.42. The maximum Gasteiger partial charge on any atom is 0.262 e. The molecule has 0 saturated carbocycles. The Morgan fingerprint density at radius 2 is 1.75 bits per heavy atom. The summed E-state index contributed by atoms with van der Waals surface area (Å²) >= 11 is 0. The SMILES string of the molecule is O=C(CN1CCC(c2ccccc2)CC1)NCn1cnc2ccccc2c1=O. The number of hydrogen-bond donors (Lipinski definition) is 1. The summed E-state index contributed by atoms with van der Waals surface area (Å²) in [6.45, 7) is 2.31. The molecule has 0 spiro atoms. The number of hydrogen-bond acceptors (Lipinski definition) is 4. The largest absolute Gasteiger partial charge is 0.337 e. The Labute approximate surface area is 163 Å². The van der Waals surface area contributed by atoms with E-state index in [0.717, 1.165) is 25.9 Å². The van der Waals surface area contributed by atoms with Gasteiger partial charge in [0, 0.05) is 0 Å². The van der Waals surface area contributed by atoms with Crippen LogP contribution in [0.4, 0.5) is 0 Å². The highest BCUT2D eigenvalue weighted by molar-refractivity contribution is 5.78. The number of likely N-dealkylation sites (tertiary alicyclic amines) is 1. The second kappa shape index (κ2) is 8.35. The van der Waals surface area contributed by atoms with E-state index in [4.69, 9.17) is 0 Å². The Hall–Kier alpha value is -2.99. The molecule has 144 valence electrons. The zero-order chi connectivity index (χ0) is 19.3. The Morgan fingerprint density at radius 3 is 2.54 bits per heavy atom. The molecule has 0 atom stereocenters. The van der Waals surface area contributed by atoms with E-state index in [1.165, 1.54) is 16.5 Å². The number of benzene rings is 2. The number of nitrogens with zero attached hydrogens (tertiary/aromatic N) is 3. The predicted molar refractivity (Wildman–Crippen MR) is 109 cm³/mol. The van der Waals surface area contributed by atoms with E-state index >= 15 is 0 Å². The fourth-order valence-electron chi connectivity index (χ4n) is 3.80. The molecule has 1 fully saturated rings. The quantitative estimate of drug-likeness (QED) is 0.742. The molecule has 1 N–H and O–H groups in total. The minimum absolute atomic E-state index is 0.0711. The van der Waals surface area contributed by atoms with Gasteiger partial charge < -0.3 is 5.32 Å². The number of carbonyl (C=O) groups is 1. The maximum atomic E-state index is 12.5. The summed E-state index contributed by atoms with van der Waals surface area (Å²) in [6.07, 6.45) is 3.60. The molecular formula is C22H24N4O2. The van der Waals surface area contributed by atoms with E-state index in [0.29, 0.717) is 23.4 Å². The Bertz CT molecular complexity index is 1010. The molecule has 6 heteroatoms. The van der Waals surface area contributed by atoms with Gasteiger partial charge in [-0.1, -0.05) is 42.5 Å². The predicted octanol–water partition coefficient (Wildman–Crippen LogP) is 2.35. The van der Waals surface area contributed by atoms with Gasteiger partial charge in [0.05, 0.1) is 30.4 Å². The highest BCUT2D eigenvalue weighted by Gasteiger charge is 2.21. The van der Waals surface area contributed by atoms with Crippen molar-refractivity contribution in [2.75, 3.05) is 19.6 Å². The lowest BCUT2D eigenvalue weighted by atomic mass is 9.89. The first-order valence-corrected chi connectivity index (χ1v) is 9.69. The van der Waals surface area contributed by atoms with Crippen LogP contribution < -0.4 is 10.9 Å². The monoisotopic (exact) mass is 376 g/mol. The van der Waals surface area contributed by atoms with Gasteiger partial charge in [0.15, 0.2) is 0 Å². The summed E-state index contributed by atoms with van der Waals surface area (Å²) in [6, 6.07) is 17.8. The van der Waals surface area contributed by atoms with Gasteiger partial charge in [-0.15, -0.1) is 0 Å².